The standard InChI is InChI=1S/C17H16N8S/c1-9(2)16-24-25-17(26-16)11-7-13-14(23-15(11)18)12(4-5-19-13)22-10-3-6-20-21-8-10/h3-9H,1-2H3,(H2,18,23)(H,19,20,22). The summed E-state index contributed by atoms with van der Waals surface area (Å²) in [6.45, 7) is 4.17. The van der Waals surface area contributed by atoms with Crippen molar-refractivity contribution in [2.45, 2.75) is 19.8 Å². The van der Waals surface area contributed by atoms with Gasteiger partial charge in [0, 0.05) is 12.1 Å². The third kappa shape index (κ3) is 3.04. The molecule has 130 valence electrons. The highest BCUT2D eigenvalue weighted by Gasteiger charge is 2.15. The molecule has 9 heteroatoms. The van der Waals surface area contributed by atoms with Gasteiger partial charge in [-0.05, 0) is 18.2 Å². The minimum Gasteiger partial charge on any atom is -0.383 e. The first-order chi connectivity index (χ1) is 12.6. The van der Waals surface area contributed by atoms with Crippen molar-refractivity contribution < 1.29 is 0 Å². The molecule has 0 aliphatic heterocycles. The summed E-state index contributed by atoms with van der Waals surface area (Å²) < 4.78 is 0. The van der Waals surface area contributed by atoms with Crippen LogP contribution in [0.5, 0.6) is 0 Å². The first-order valence-electron chi connectivity index (χ1n) is 8.04. The number of rotatable bonds is 4. The number of nitrogens with one attached hydrogen (secondary N) is 1. The predicted octanol–water partition coefficient (Wildman–Crippen LogP) is 3.39. The van der Waals surface area contributed by atoms with Crippen molar-refractivity contribution >= 4 is 39.6 Å². The molecular formula is C17H16N8S. The Morgan fingerprint density at radius 2 is 2.00 bits per heavy atom. The van der Waals surface area contributed by atoms with Crippen LogP contribution in [0.1, 0.15) is 24.8 Å². The molecule has 0 aliphatic carbocycles. The van der Waals surface area contributed by atoms with Gasteiger partial charge in [-0.3, -0.25) is 4.98 Å². The summed E-state index contributed by atoms with van der Waals surface area (Å²) in [5.41, 5.74) is 9.97. The monoisotopic (exact) mass is 364 g/mol. The summed E-state index contributed by atoms with van der Waals surface area (Å²) >= 11 is 1.52. The van der Waals surface area contributed by atoms with E-state index in [1.54, 1.807) is 18.6 Å². The van der Waals surface area contributed by atoms with Gasteiger partial charge in [-0.1, -0.05) is 25.2 Å². The second kappa shape index (κ2) is 6.60. The van der Waals surface area contributed by atoms with Crippen molar-refractivity contribution in [1.29, 1.82) is 0 Å². The maximum Gasteiger partial charge on any atom is 0.151 e. The molecule has 0 saturated heterocycles. The van der Waals surface area contributed by atoms with Gasteiger partial charge in [-0.2, -0.15) is 10.2 Å². The van der Waals surface area contributed by atoms with Crippen LogP contribution in [-0.4, -0.2) is 30.4 Å². The fourth-order valence-electron chi connectivity index (χ4n) is 2.45. The first kappa shape index (κ1) is 16.3. The molecule has 0 aromatic carbocycles. The molecular weight excluding hydrogens is 348 g/mol. The number of pyridine rings is 2. The van der Waals surface area contributed by atoms with Gasteiger partial charge in [0.25, 0.3) is 0 Å². The Labute approximate surface area is 153 Å². The predicted molar refractivity (Wildman–Crippen MR) is 102 cm³/mol. The van der Waals surface area contributed by atoms with E-state index >= 15 is 0 Å². The van der Waals surface area contributed by atoms with E-state index in [1.165, 1.54) is 11.3 Å². The maximum atomic E-state index is 6.22. The number of nitrogen functional groups attached to an aromatic ring is 1. The Morgan fingerprint density at radius 3 is 2.73 bits per heavy atom. The Bertz CT molecular complexity index is 1060. The average molecular weight is 364 g/mol. The fourth-order valence-corrected chi connectivity index (χ4v) is 3.32. The lowest BCUT2D eigenvalue weighted by Crippen LogP contribution is -1.99. The summed E-state index contributed by atoms with van der Waals surface area (Å²) in [4.78, 5) is 8.98. The highest BCUT2D eigenvalue weighted by molar-refractivity contribution is 7.14. The van der Waals surface area contributed by atoms with Gasteiger partial charge >= 0.3 is 0 Å². The summed E-state index contributed by atoms with van der Waals surface area (Å²) in [5.74, 6) is 0.714. The van der Waals surface area contributed by atoms with Crippen molar-refractivity contribution in [3.05, 3.63) is 41.8 Å². The van der Waals surface area contributed by atoms with Crippen LogP contribution < -0.4 is 11.1 Å². The third-order valence-electron chi connectivity index (χ3n) is 3.77. The Hall–Kier alpha value is -3.20. The van der Waals surface area contributed by atoms with Crippen LogP contribution in [0.25, 0.3) is 21.6 Å². The van der Waals surface area contributed by atoms with Crippen LogP contribution in [0.4, 0.5) is 17.2 Å². The number of fused-ring (bicyclic) bond motifs is 1. The topological polar surface area (TPSA) is 115 Å². The Morgan fingerprint density at radius 1 is 1.12 bits per heavy atom. The molecule has 0 saturated carbocycles. The van der Waals surface area contributed by atoms with E-state index < -0.39 is 0 Å². The molecule has 8 nitrogen and oxygen atoms in total. The molecule has 4 aromatic heterocycles. The molecule has 0 atom stereocenters. The molecule has 26 heavy (non-hydrogen) atoms. The number of aromatic nitrogens is 6. The number of nitrogens with two attached hydrogens (primary N) is 1. The number of hydrogen-bond donors (Lipinski definition) is 2. The van der Waals surface area contributed by atoms with Crippen LogP contribution in [-0.2, 0) is 0 Å². The van der Waals surface area contributed by atoms with Crippen molar-refractivity contribution in [3.63, 3.8) is 0 Å². The summed E-state index contributed by atoms with van der Waals surface area (Å²) in [5, 5.41) is 21.1. The van der Waals surface area contributed by atoms with E-state index in [0.29, 0.717) is 17.3 Å². The molecule has 0 unspecified atom stereocenters. The molecule has 0 amide bonds. The smallest absolute Gasteiger partial charge is 0.151 e. The van der Waals surface area contributed by atoms with Gasteiger partial charge < -0.3 is 11.1 Å². The van der Waals surface area contributed by atoms with Gasteiger partial charge in [0.2, 0.25) is 0 Å². The quantitative estimate of drug-likeness (QED) is 0.566. The minimum atomic E-state index is 0.318. The van der Waals surface area contributed by atoms with Gasteiger partial charge in [-0.15, -0.1) is 10.2 Å². The van der Waals surface area contributed by atoms with Crippen LogP contribution in [0.2, 0.25) is 0 Å². The van der Waals surface area contributed by atoms with Gasteiger partial charge in [0.05, 0.1) is 34.8 Å². The van der Waals surface area contributed by atoms with Crippen molar-refractivity contribution in [3.8, 4) is 10.6 Å². The zero-order valence-corrected chi connectivity index (χ0v) is 15.0. The Balaban J connectivity index is 1.78. The molecule has 0 aliphatic rings. The van der Waals surface area contributed by atoms with Crippen LogP contribution in [0, 0.1) is 0 Å². The molecule has 4 aromatic rings. The zero-order valence-electron chi connectivity index (χ0n) is 14.2. The highest BCUT2D eigenvalue weighted by Crippen LogP contribution is 2.34. The van der Waals surface area contributed by atoms with Crippen LogP contribution in [0.3, 0.4) is 0 Å². The maximum absolute atomic E-state index is 6.22. The molecule has 4 rings (SSSR count). The van der Waals surface area contributed by atoms with E-state index in [2.05, 4.69) is 49.5 Å². The summed E-state index contributed by atoms with van der Waals surface area (Å²) in [6.07, 6.45) is 4.98. The van der Waals surface area contributed by atoms with E-state index in [1.807, 2.05) is 18.2 Å². The summed E-state index contributed by atoms with van der Waals surface area (Å²) in [7, 11) is 0. The zero-order chi connectivity index (χ0) is 18.1. The molecule has 4 heterocycles. The van der Waals surface area contributed by atoms with Crippen molar-refractivity contribution in [1.82, 2.24) is 30.4 Å². The van der Waals surface area contributed by atoms with Crippen LogP contribution in [0.15, 0.2) is 36.8 Å². The molecule has 0 spiro atoms. The van der Waals surface area contributed by atoms with Gasteiger partial charge in [0.15, 0.2) is 5.01 Å². The lowest BCUT2D eigenvalue weighted by Gasteiger charge is -2.10. The molecule has 0 bridgehead atoms. The lowest BCUT2D eigenvalue weighted by molar-refractivity contribution is 0.825. The normalized spacial score (nSPS) is 11.2. The molecule has 0 radical (unpaired) electrons. The largest absolute Gasteiger partial charge is 0.383 e. The molecule has 3 N–H and O–H groups in total. The number of hydrogen-bond acceptors (Lipinski definition) is 9. The van der Waals surface area contributed by atoms with Crippen molar-refractivity contribution in [2.24, 2.45) is 0 Å². The molecule has 0 fully saturated rings. The SMILES string of the molecule is CC(C)c1nnc(-c2cc3nccc(Nc4ccnnc4)c3nc2N)s1. The van der Waals surface area contributed by atoms with Gasteiger partial charge in [0.1, 0.15) is 16.3 Å². The summed E-state index contributed by atoms with van der Waals surface area (Å²) in [6, 6.07) is 5.57. The second-order valence-electron chi connectivity index (χ2n) is 6.00. The van der Waals surface area contributed by atoms with Gasteiger partial charge in [-0.25, -0.2) is 4.98 Å². The fraction of sp³-hybridized carbons (Fsp3) is 0.176. The Kier molecular flexibility index (Phi) is 4.13. The number of anilines is 3. The van der Waals surface area contributed by atoms with Crippen LogP contribution >= 0.6 is 11.3 Å². The second-order valence-corrected chi connectivity index (χ2v) is 7.01. The minimum absolute atomic E-state index is 0.318. The van der Waals surface area contributed by atoms with Crippen molar-refractivity contribution in [2.75, 3.05) is 11.1 Å². The third-order valence-corrected chi connectivity index (χ3v) is 5.03. The highest BCUT2D eigenvalue weighted by atomic mass is 32.1. The van der Waals surface area contributed by atoms with E-state index in [-0.39, 0.29) is 0 Å². The van der Waals surface area contributed by atoms with E-state index in [0.717, 1.165) is 32.5 Å². The average Bonchev–Trinajstić information content (AvgIpc) is 3.13. The van der Waals surface area contributed by atoms with E-state index in [4.69, 9.17) is 5.73 Å². The lowest BCUT2D eigenvalue weighted by atomic mass is 10.2. The number of nitrogens with zero attached hydrogens (tertiary/aromatic N) is 6. The first-order valence-corrected chi connectivity index (χ1v) is 8.86. The van der Waals surface area contributed by atoms with E-state index in [9.17, 15) is 0 Å².